The van der Waals surface area contributed by atoms with Crippen LogP contribution in [0, 0.1) is 12.3 Å². The van der Waals surface area contributed by atoms with E-state index in [4.69, 9.17) is 11.5 Å². The summed E-state index contributed by atoms with van der Waals surface area (Å²) in [5.74, 6) is 0.922. The van der Waals surface area contributed by atoms with Crippen molar-refractivity contribution in [1.82, 2.24) is 15.1 Å². The predicted molar refractivity (Wildman–Crippen MR) is 64.8 cm³/mol. The van der Waals surface area contributed by atoms with E-state index in [1.807, 2.05) is 0 Å². The maximum absolute atomic E-state index is 11.6. The van der Waals surface area contributed by atoms with Gasteiger partial charge >= 0.3 is 12.0 Å². The van der Waals surface area contributed by atoms with Gasteiger partial charge in [-0.1, -0.05) is 5.92 Å². The fourth-order valence-electron chi connectivity index (χ4n) is 1.08. The zero-order valence-electron chi connectivity index (χ0n) is 10.5. The van der Waals surface area contributed by atoms with E-state index >= 15 is 0 Å². The first kappa shape index (κ1) is 15.8. The van der Waals surface area contributed by atoms with Crippen molar-refractivity contribution in [1.29, 1.82) is 0 Å². The molecule has 0 unspecified atom stereocenters. The summed E-state index contributed by atoms with van der Waals surface area (Å²) in [4.78, 5) is 35.7. The highest BCUT2D eigenvalue weighted by Gasteiger charge is 2.15. The summed E-state index contributed by atoms with van der Waals surface area (Å²) in [7, 11) is 3.22. The second-order valence-electron chi connectivity index (χ2n) is 3.72. The van der Waals surface area contributed by atoms with Crippen LogP contribution in [0.3, 0.4) is 0 Å². The molecule has 3 amide bonds. The van der Waals surface area contributed by atoms with E-state index in [1.165, 1.54) is 4.90 Å². The van der Waals surface area contributed by atoms with Gasteiger partial charge in [0.25, 0.3) is 0 Å². The van der Waals surface area contributed by atoms with E-state index in [1.54, 1.807) is 14.1 Å². The third-order valence-electron chi connectivity index (χ3n) is 2.01. The van der Waals surface area contributed by atoms with Gasteiger partial charge in [-0.05, 0) is 0 Å². The number of carboxylic acid groups (broad SMARTS) is 1. The van der Waals surface area contributed by atoms with Crippen molar-refractivity contribution in [2.24, 2.45) is 0 Å². The normalized spacial score (nSPS) is 9.17. The number of amides is 3. The Labute approximate surface area is 106 Å². The van der Waals surface area contributed by atoms with E-state index in [9.17, 15) is 14.4 Å². The molecule has 7 nitrogen and oxygen atoms in total. The van der Waals surface area contributed by atoms with E-state index in [-0.39, 0.29) is 25.4 Å². The fraction of sp³-hybridized carbons (Fsp3) is 0.545. The molecule has 2 N–H and O–H groups in total. The number of aliphatic carboxylic acids is 1. The minimum absolute atomic E-state index is 0.0975. The van der Waals surface area contributed by atoms with Crippen LogP contribution in [0.2, 0.25) is 0 Å². The summed E-state index contributed by atoms with van der Waals surface area (Å²) < 4.78 is 0. The first-order chi connectivity index (χ1) is 8.38. The number of urea groups is 1. The summed E-state index contributed by atoms with van der Waals surface area (Å²) >= 11 is 0. The SMILES string of the molecule is C#CCN(CC(=O)O)C(=O)NCCC(=O)N(C)C. The molecule has 0 fully saturated rings. The summed E-state index contributed by atoms with van der Waals surface area (Å²) in [6.07, 6.45) is 5.18. The third kappa shape index (κ3) is 6.37. The van der Waals surface area contributed by atoms with Crippen molar-refractivity contribution in [3.05, 3.63) is 0 Å². The molecule has 0 atom stereocenters. The minimum atomic E-state index is -1.15. The lowest BCUT2D eigenvalue weighted by molar-refractivity contribution is -0.137. The lowest BCUT2D eigenvalue weighted by Crippen LogP contribution is -2.43. The zero-order valence-corrected chi connectivity index (χ0v) is 10.5. The van der Waals surface area contributed by atoms with E-state index in [2.05, 4.69) is 11.2 Å². The maximum Gasteiger partial charge on any atom is 0.323 e. The Bertz CT molecular complexity index is 360. The average molecular weight is 255 g/mol. The standard InChI is InChI=1S/C11H17N3O4/c1-4-7-14(8-10(16)17)11(18)12-6-5-9(15)13(2)3/h1H,5-8H2,2-3H3,(H,12,18)(H,16,17). The molecule has 0 aliphatic rings. The molecule has 7 heteroatoms. The summed E-state index contributed by atoms with van der Waals surface area (Å²) in [5, 5.41) is 11.0. The van der Waals surface area contributed by atoms with Crippen LogP contribution in [0.25, 0.3) is 0 Å². The topological polar surface area (TPSA) is 90.0 Å². The van der Waals surface area contributed by atoms with Crippen molar-refractivity contribution in [2.45, 2.75) is 6.42 Å². The lowest BCUT2D eigenvalue weighted by Gasteiger charge is -2.18. The number of terminal acetylenes is 1. The van der Waals surface area contributed by atoms with Gasteiger partial charge in [0.2, 0.25) is 5.91 Å². The molecule has 0 saturated heterocycles. The molecule has 0 aromatic heterocycles. The van der Waals surface area contributed by atoms with Crippen LogP contribution in [0.1, 0.15) is 6.42 Å². The Balaban J connectivity index is 4.15. The Kier molecular flexibility index (Phi) is 6.96. The fourth-order valence-corrected chi connectivity index (χ4v) is 1.08. The second kappa shape index (κ2) is 7.95. The number of nitrogens with zero attached hydrogens (tertiary/aromatic N) is 2. The van der Waals surface area contributed by atoms with Gasteiger partial charge in [-0.15, -0.1) is 6.42 Å². The monoisotopic (exact) mass is 255 g/mol. The molecule has 0 aromatic rings. The van der Waals surface area contributed by atoms with E-state index < -0.39 is 18.5 Å². The van der Waals surface area contributed by atoms with Crippen molar-refractivity contribution < 1.29 is 19.5 Å². The molecular weight excluding hydrogens is 238 g/mol. The zero-order chi connectivity index (χ0) is 14.1. The third-order valence-corrected chi connectivity index (χ3v) is 2.01. The highest BCUT2D eigenvalue weighted by atomic mass is 16.4. The van der Waals surface area contributed by atoms with Crippen LogP contribution in [-0.2, 0) is 9.59 Å². The number of nitrogens with one attached hydrogen (secondary N) is 1. The first-order valence-electron chi connectivity index (χ1n) is 5.26. The van der Waals surface area contributed by atoms with Crippen LogP contribution >= 0.6 is 0 Å². The largest absolute Gasteiger partial charge is 0.480 e. The number of carbonyl (C=O) groups excluding carboxylic acids is 2. The van der Waals surface area contributed by atoms with Gasteiger partial charge in [-0.2, -0.15) is 0 Å². The van der Waals surface area contributed by atoms with Gasteiger partial charge in [0.15, 0.2) is 0 Å². The van der Waals surface area contributed by atoms with Crippen LogP contribution in [0.15, 0.2) is 0 Å². The summed E-state index contributed by atoms with van der Waals surface area (Å²) in [6, 6.07) is -0.595. The molecule has 0 bridgehead atoms. The molecule has 0 saturated carbocycles. The quantitative estimate of drug-likeness (QED) is 0.608. The molecule has 0 aromatic carbocycles. The van der Waals surface area contributed by atoms with Crippen LogP contribution in [-0.4, -0.2) is 66.5 Å². The average Bonchev–Trinajstić information content (AvgIpc) is 2.27. The molecule has 100 valence electrons. The van der Waals surface area contributed by atoms with Crippen LogP contribution in [0.4, 0.5) is 4.79 Å². The predicted octanol–water partition coefficient (Wildman–Crippen LogP) is -0.806. The molecule has 0 rings (SSSR count). The van der Waals surface area contributed by atoms with Gasteiger partial charge in [0.05, 0.1) is 6.54 Å². The number of carbonyl (C=O) groups is 3. The molecule has 0 aliphatic heterocycles. The van der Waals surface area contributed by atoms with Gasteiger partial charge in [-0.3, -0.25) is 9.59 Å². The van der Waals surface area contributed by atoms with Gasteiger partial charge < -0.3 is 20.2 Å². The molecule has 18 heavy (non-hydrogen) atoms. The van der Waals surface area contributed by atoms with Crippen molar-refractivity contribution in [3.8, 4) is 12.3 Å². The molecule has 0 aliphatic carbocycles. The Hall–Kier alpha value is -2.23. The van der Waals surface area contributed by atoms with Crippen molar-refractivity contribution in [3.63, 3.8) is 0 Å². The minimum Gasteiger partial charge on any atom is -0.480 e. The first-order valence-corrected chi connectivity index (χ1v) is 5.26. The lowest BCUT2D eigenvalue weighted by atomic mass is 10.4. The number of hydrogen-bond donors (Lipinski definition) is 2. The van der Waals surface area contributed by atoms with Gasteiger partial charge in [0.1, 0.15) is 6.54 Å². The smallest absolute Gasteiger partial charge is 0.323 e. The molecular formula is C11H17N3O4. The number of carboxylic acids is 1. The Morgan fingerprint density at radius 1 is 1.33 bits per heavy atom. The van der Waals surface area contributed by atoms with E-state index in [0.717, 1.165) is 4.90 Å². The van der Waals surface area contributed by atoms with Gasteiger partial charge in [0, 0.05) is 27.1 Å². The molecule has 0 radical (unpaired) electrons. The highest BCUT2D eigenvalue weighted by Crippen LogP contribution is 1.91. The van der Waals surface area contributed by atoms with Gasteiger partial charge in [-0.25, -0.2) is 4.79 Å². The molecule has 0 spiro atoms. The maximum atomic E-state index is 11.6. The van der Waals surface area contributed by atoms with Crippen molar-refractivity contribution >= 4 is 17.9 Å². The molecule has 0 heterocycles. The Morgan fingerprint density at radius 3 is 2.39 bits per heavy atom. The van der Waals surface area contributed by atoms with Crippen molar-refractivity contribution in [2.75, 3.05) is 33.7 Å². The van der Waals surface area contributed by atoms with Crippen LogP contribution < -0.4 is 5.32 Å². The highest BCUT2D eigenvalue weighted by molar-refractivity contribution is 5.81. The van der Waals surface area contributed by atoms with E-state index in [0.29, 0.717) is 0 Å². The second-order valence-corrected chi connectivity index (χ2v) is 3.72. The van der Waals surface area contributed by atoms with Crippen LogP contribution in [0.5, 0.6) is 0 Å². The summed E-state index contributed by atoms with van der Waals surface area (Å²) in [6.45, 7) is -0.437. The summed E-state index contributed by atoms with van der Waals surface area (Å²) in [5.41, 5.74) is 0. The number of rotatable bonds is 6. The number of hydrogen-bond acceptors (Lipinski definition) is 3. The Morgan fingerprint density at radius 2 is 1.94 bits per heavy atom.